The Morgan fingerprint density at radius 2 is 2.30 bits per heavy atom. The number of rotatable bonds is 5. The van der Waals surface area contributed by atoms with Crippen LogP contribution in [0.2, 0.25) is 5.15 Å². The molecule has 0 radical (unpaired) electrons. The molecule has 0 bridgehead atoms. The third-order valence-electron chi connectivity index (χ3n) is 2.21. The van der Waals surface area contributed by atoms with Gasteiger partial charge >= 0.3 is 5.97 Å². The third-order valence-corrected chi connectivity index (χ3v) is 3.35. The molecule has 0 unspecified atom stereocenters. The van der Waals surface area contributed by atoms with Crippen LogP contribution in [0.5, 0.6) is 0 Å². The van der Waals surface area contributed by atoms with E-state index in [9.17, 15) is 4.79 Å². The van der Waals surface area contributed by atoms with Crippen LogP contribution >= 0.6 is 23.4 Å². The van der Waals surface area contributed by atoms with Crippen LogP contribution in [0.25, 0.3) is 0 Å². The smallest absolute Gasteiger partial charge is 0.327 e. The Balaban J connectivity index is 2.04. The molecule has 0 aliphatic rings. The number of aryl methyl sites for hydroxylation is 1. The summed E-state index contributed by atoms with van der Waals surface area (Å²) >= 11 is 7.17. The summed E-state index contributed by atoms with van der Waals surface area (Å²) in [7, 11) is 1.31. The van der Waals surface area contributed by atoms with Crippen molar-refractivity contribution >= 4 is 29.3 Å². The first-order valence-electron chi connectivity index (χ1n) is 5.54. The Hall–Kier alpha value is -1.74. The maximum Gasteiger partial charge on any atom is 0.327 e. The summed E-state index contributed by atoms with van der Waals surface area (Å²) in [5.74, 6) is 0.602. The van der Waals surface area contributed by atoms with Gasteiger partial charge in [0, 0.05) is 5.69 Å². The van der Waals surface area contributed by atoms with Crippen LogP contribution in [0.1, 0.15) is 11.5 Å². The number of ether oxygens (including phenoxy) is 1. The minimum absolute atomic E-state index is 0.0404. The standard InChI is InChI=1S/C10H11ClN6O2S/c1-6-3-7(11)13-8(12-6)5-20-10-14-15-16-17(10)4-9(18)19-2/h3H,4-5H2,1-2H3. The fourth-order valence-electron chi connectivity index (χ4n) is 1.37. The molecular formula is C10H11ClN6O2S. The van der Waals surface area contributed by atoms with E-state index in [1.54, 1.807) is 6.07 Å². The van der Waals surface area contributed by atoms with Gasteiger partial charge in [-0.05, 0) is 23.4 Å². The monoisotopic (exact) mass is 314 g/mol. The van der Waals surface area contributed by atoms with Gasteiger partial charge in [0.2, 0.25) is 5.16 Å². The number of carbonyl (C=O) groups excluding carboxylic acids is 1. The lowest BCUT2D eigenvalue weighted by Crippen LogP contribution is -2.13. The van der Waals surface area contributed by atoms with Gasteiger partial charge in [0.1, 0.15) is 17.5 Å². The normalized spacial score (nSPS) is 10.6. The van der Waals surface area contributed by atoms with Crippen molar-refractivity contribution in [1.82, 2.24) is 30.2 Å². The molecule has 10 heteroatoms. The van der Waals surface area contributed by atoms with Crippen molar-refractivity contribution in [3.05, 3.63) is 22.7 Å². The Morgan fingerprint density at radius 3 is 3.00 bits per heavy atom. The fraction of sp³-hybridized carbons (Fsp3) is 0.400. The van der Waals surface area contributed by atoms with Crippen LogP contribution in [-0.4, -0.2) is 43.3 Å². The zero-order chi connectivity index (χ0) is 14.5. The van der Waals surface area contributed by atoms with Crippen LogP contribution in [0.15, 0.2) is 11.2 Å². The van der Waals surface area contributed by atoms with Crippen LogP contribution in [-0.2, 0) is 21.8 Å². The topological polar surface area (TPSA) is 95.7 Å². The number of halogens is 1. The van der Waals surface area contributed by atoms with E-state index in [4.69, 9.17) is 11.6 Å². The highest BCUT2D eigenvalue weighted by molar-refractivity contribution is 7.98. The first kappa shape index (κ1) is 14.7. The molecular weight excluding hydrogens is 304 g/mol. The van der Waals surface area contributed by atoms with Gasteiger partial charge < -0.3 is 4.74 Å². The number of esters is 1. The molecule has 2 aromatic rings. The highest BCUT2D eigenvalue weighted by Crippen LogP contribution is 2.19. The molecule has 2 heterocycles. The minimum atomic E-state index is -0.422. The summed E-state index contributed by atoms with van der Waals surface area (Å²) in [6.45, 7) is 1.80. The van der Waals surface area contributed by atoms with Crippen LogP contribution in [0.3, 0.4) is 0 Å². The Labute approximate surface area is 123 Å². The number of hydrogen-bond donors (Lipinski definition) is 0. The predicted octanol–water partition coefficient (Wildman–Crippen LogP) is 0.890. The number of nitrogens with zero attached hydrogens (tertiary/aromatic N) is 6. The van der Waals surface area contributed by atoms with Gasteiger partial charge in [0.25, 0.3) is 0 Å². The second kappa shape index (κ2) is 6.62. The van der Waals surface area contributed by atoms with Crippen molar-refractivity contribution in [2.75, 3.05) is 7.11 Å². The van der Waals surface area contributed by atoms with Gasteiger partial charge in [0.15, 0.2) is 0 Å². The summed E-state index contributed by atoms with van der Waals surface area (Å²) < 4.78 is 5.92. The van der Waals surface area contributed by atoms with Crippen LogP contribution in [0.4, 0.5) is 0 Å². The molecule has 0 aromatic carbocycles. The number of tetrazole rings is 1. The van der Waals surface area contributed by atoms with Crippen LogP contribution < -0.4 is 0 Å². The van der Waals surface area contributed by atoms with Gasteiger partial charge in [-0.1, -0.05) is 23.4 Å². The van der Waals surface area contributed by atoms with Gasteiger partial charge in [-0.25, -0.2) is 14.6 Å². The lowest BCUT2D eigenvalue weighted by molar-refractivity contribution is -0.141. The van der Waals surface area contributed by atoms with E-state index < -0.39 is 5.97 Å². The summed E-state index contributed by atoms with van der Waals surface area (Å²) in [6, 6.07) is 1.68. The molecule has 0 N–H and O–H groups in total. The molecule has 2 rings (SSSR count). The van der Waals surface area contributed by atoms with Crippen molar-refractivity contribution in [2.45, 2.75) is 24.4 Å². The summed E-state index contributed by atoms with van der Waals surface area (Å²) in [6.07, 6.45) is 0. The van der Waals surface area contributed by atoms with Crippen molar-refractivity contribution in [3.63, 3.8) is 0 Å². The van der Waals surface area contributed by atoms with E-state index in [1.165, 1.54) is 23.6 Å². The quantitative estimate of drug-likeness (QED) is 0.456. The highest BCUT2D eigenvalue weighted by Gasteiger charge is 2.12. The van der Waals surface area contributed by atoms with E-state index in [-0.39, 0.29) is 6.54 Å². The van der Waals surface area contributed by atoms with Gasteiger partial charge in [-0.2, -0.15) is 0 Å². The van der Waals surface area contributed by atoms with Crippen molar-refractivity contribution in [3.8, 4) is 0 Å². The maximum atomic E-state index is 11.2. The number of carbonyl (C=O) groups is 1. The average molecular weight is 315 g/mol. The molecule has 106 valence electrons. The Kier molecular flexibility index (Phi) is 4.85. The Morgan fingerprint density at radius 1 is 1.50 bits per heavy atom. The Bertz CT molecular complexity index is 599. The molecule has 0 spiro atoms. The molecule has 0 atom stereocenters. The van der Waals surface area contributed by atoms with E-state index in [0.29, 0.717) is 21.9 Å². The van der Waals surface area contributed by atoms with Gasteiger partial charge in [-0.3, -0.25) is 4.79 Å². The lowest BCUT2D eigenvalue weighted by atomic mass is 10.4. The number of hydrogen-bond acceptors (Lipinski definition) is 8. The molecule has 0 aliphatic carbocycles. The fourth-order valence-corrected chi connectivity index (χ4v) is 2.36. The minimum Gasteiger partial charge on any atom is -0.468 e. The number of methoxy groups -OCH3 is 1. The lowest BCUT2D eigenvalue weighted by Gasteiger charge is -2.03. The highest BCUT2D eigenvalue weighted by atomic mass is 35.5. The number of aromatic nitrogens is 6. The SMILES string of the molecule is COC(=O)Cn1nnnc1SCc1nc(C)cc(Cl)n1. The first-order chi connectivity index (χ1) is 9.58. The van der Waals surface area contributed by atoms with E-state index in [1.807, 2.05) is 6.92 Å². The molecule has 8 nitrogen and oxygen atoms in total. The van der Waals surface area contributed by atoms with Gasteiger partial charge in [-0.15, -0.1) is 5.10 Å². The van der Waals surface area contributed by atoms with Crippen LogP contribution in [0, 0.1) is 6.92 Å². The van der Waals surface area contributed by atoms with E-state index in [2.05, 4.69) is 30.2 Å². The van der Waals surface area contributed by atoms with E-state index in [0.717, 1.165) is 5.69 Å². The van der Waals surface area contributed by atoms with E-state index >= 15 is 0 Å². The molecule has 2 aromatic heterocycles. The van der Waals surface area contributed by atoms with Crippen molar-refractivity contribution in [2.24, 2.45) is 0 Å². The summed E-state index contributed by atoms with van der Waals surface area (Å²) in [5.41, 5.74) is 0.787. The summed E-state index contributed by atoms with van der Waals surface area (Å²) in [5, 5.41) is 11.9. The van der Waals surface area contributed by atoms with Gasteiger partial charge in [0.05, 0.1) is 12.9 Å². The largest absolute Gasteiger partial charge is 0.468 e. The predicted molar refractivity (Wildman–Crippen MR) is 71.2 cm³/mol. The zero-order valence-corrected chi connectivity index (χ0v) is 12.3. The number of thioether (sulfide) groups is 1. The zero-order valence-electron chi connectivity index (χ0n) is 10.8. The molecule has 0 fully saturated rings. The second-order valence-electron chi connectivity index (χ2n) is 3.73. The second-order valence-corrected chi connectivity index (χ2v) is 5.06. The molecule has 20 heavy (non-hydrogen) atoms. The summed E-state index contributed by atoms with van der Waals surface area (Å²) in [4.78, 5) is 19.6. The maximum absolute atomic E-state index is 11.2. The van der Waals surface area contributed by atoms with Crippen molar-refractivity contribution in [1.29, 1.82) is 0 Å². The first-order valence-corrected chi connectivity index (χ1v) is 6.90. The molecule has 0 aliphatic heterocycles. The van der Waals surface area contributed by atoms with Crippen molar-refractivity contribution < 1.29 is 9.53 Å². The average Bonchev–Trinajstić information content (AvgIpc) is 2.82. The molecule has 0 saturated heterocycles. The molecule has 0 saturated carbocycles. The third kappa shape index (κ3) is 3.87. The molecule has 0 amide bonds.